The minimum atomic E-state index is -0.588. The first-order chi connectivity index (χ1) is 10.0. The van der Waals surface area contributed by atoms with Gasteiger partial charge in [0.1, 0.15) is 6.61 Å². The third kappa shape index (κ3) is 4.78. The topological polar surface area (TPSA) is 38.3 Å². The Bertz CT molecular complexity index is 522. The Hall–Kier alpha value is -2.02. The predicted octanol–water partition coefficient (Wildman–Crippen LogP) is 3.39. The Morgan fingerprint density at radius 3 is 2.67 bits per heavy atom. The summed E-state index contributed by atoms with van der Waals surface area (Å²) in [6.07, 6.45) is 6.87. The molecule has 1 aromatic carbocycles. The second-order valence-corrected chi connectivity index (χ2v) is 5.01. The van der Waals surface area contributed by atoms with Crippen molar-refractivity contribution in [3.63, 3.8) is 0 Å². The quantitative estimate of drug-likeness (QED) is 0.782. The molecule has 0 aromatic heterocycles. The summed E-state index contributed by atoms with van der Waals surface area (Å²) < 4.78 is 18.8. The van der Waals surface area contributed by atoms with E-state index < -0.39 is 5.82 Å². The zero-order valence-electron chi connectivity index (χ0n) is 12.8. The van der Waals surface area contributed by atoms with Crippen molar-refractivity contribution in [2.24, 2.45) is 5.92 Å². The minimum Gasteiger partial charge on any atom is -0.478 e. The number of benzene rings is 1. The Kier molecular flexibility index (Phi) is 6.74. The molecule has 3 nitrogen and oxygen atoms in total. The lowest BCUT2D eigenvalue weighted by atomic mass is 9.96. The van der Waals surface area contributed by atoms with Crippen LogP contribution in [0.5, 0.6) is 5.75 Å². The van der Waals surface area contributed by atoms with Gasteiger partial charge in [0.15, 0.2) is 11.6 Å². The molecule has 1 amide bonds. The molecule has 0 heterocycles. The second-order valence-electron chi connectivity index (χ2n) is 5.01. The van der Waals surface area contributed by atoms with E-state index in [0.29, 0.717) is 5.92 Å². The molecule has 0 fully saturated rings. The lowest BCUT2D eigenvalue weighted by Gasteiger charge is -2.23. The summed E-state index contributed by atoms with van der Waals surface area (Å²) in [5.41, 5.74) is 0.280. The molecule has 0 spiro atoms. The van der Waals surface area contributed by atoms with Gasteiger partial charge in [0, 0.05) is 11.6 Å². The molecular formula is C17H22FNO2. The summed E-state index contributed by atoms with van der Waals surface area (Å²) in [5, 5.41) is 2.94. The van der Waals surface area contributed by atoms with E-state index in [4.69, 9.17) is 11.2 Å². The first kappa shape index (κ1) is 17.0. The number of halogens is 1. The standard InChI is InChI=1S/C17H22FNO2/c1-5-10-21-16-9-8-13(11-14(16)18)17(20)19-15(7-3)12(4)6-2/h1,8-9,11-12,15H,6-7,10H2,2-4H3,(H,19,20). The van der Waals surface area contributed by atoms with Crippen LogP contribution in [0.25, 0.3) is 0 Å². The monoisotopic (exact) mass is 291 g/mol. The van der Waals surface area contributed by atoms with Crippen LogP contribution in [0.2, 0.25) is 0 Å². The molecule has 2 unspecified atom stereocenters. The molecule has 2 atom stereocenters. The van der Waals surface area contributed by atoms with E-state index in [1.54, 1.807) is 0 Å². The van der Waals surface area contributed by atoms with Gasteiger partial charge >= 0.3 is 0 Å². The third-order valence-electron chi connectivity index (χ3n) is 3.59. The van der Waals surface area contributed by atoms with Crippen molar-refractivity contribution in [3.05, 3.63) is 29.6 Å². The lowest BCUT2D eigenvalue weighted by Crippen LogP contribution is -2.38. The van der Waals surface area contributed by atoms with Crippen LogP contribution in [-0.4, -0.2) is 18.6 Å². The van der Waals surface area contributed by atoms with Gasteiger partial charge in [0.25, 0.3) is 5.91 Å². The average molecular weight is 291 g/mol. The van der Waals surface area contributed by atoms with Gasteiger partial charge in [0.05, 0.1) is 0 Å². The zero-order chi connectivity index (χ0) is 15.8. The smallest absolute Gasteiger partial charge is 0.251 e. The van der Waals surface area contributed by atoms with Crippen molar-refractivity contribution >= 4 is 5.91 Å². The number of ether oxygens (including phenoxy) is 1. The molecule has 114 valence electrons. The highest BCUT2D eigenvalue weighted by Crippen LogP contribution is 2.19. The van der Waals surface area contributed by atoms with Crippen molar-refractivity contribution < 1.29 is 13.9 Å². The van der Waals surface area contributed by atoms with Gasteiger partial charge in [-0.15, -0.1) is 6.42 Å². The third-order valence-corrected chi connectivity index (χ3v) is 3.59. The molecular weight excluding hydrogens is 269 g/mol. The Morgan fingerprint density at radius 1 is 1.43 bits per heavy atom. The normalized spacial score (nSPS) is 13.1. The largest absolute Gasteiger partial charge is 0.478 e. The summed E-state index contributed by atoms with van der Waals surface area (Å²) in [6, 6.07) is 4.21. The van der Waals surface area contributed by atoms with Crippen molar-refractivity contribution in [3.8, 4) is 18.1 Å². The van der Waals surface area contributed by atoms with Crippen LogP contribution in [-0.2, 0) is 0 Å². The van der Waals surface area contributed by atoms with Gasteiger partial charge in [-0.25, -0.2) is 4.39 Å². The number of terminal acetylenes is 1. The molecule has 0 saturated heterocycles. The summed E-state index contributed by atoms with van der Waals surface area (Å²) in [6.45, 7) is 6.19. The molecule has 0 bridgehead atoms. The summed E-state index contributed by atoms with van der Waals surface area (Å²) in [4.78, 5) is 12.2. The molecule has 0 aliphatic carbocycles. The van der Waals surface area contributed by atoms with Gasteiger partial charge in [-0.1, -0.05) is 33.1 Å². The van der Waals surface area contributed by atoms with Crippen LogP contribution in [0, 0.1) is 24.1 Å². The zero-order valence-corrected chi connectivity index (χ0v) is 12.8. The first-order valence-corrected chi connectivity index (χ1v) is 7.20. The fourth-order valence-electron chi connectivity index (χ4n) is 2.06. The minimum absolute atomic E-state index is 0.00557. The van der Waals surface area contributed by atoms with E-state index in [2.05, 4.69) is 25.1 Å². The van der Waals surface area contributed by atoms with Crippen molar-refractivity contribution in [2.75, 3.05) is 6.61 Å². The van der Waals surface area contributed by atoms with Crippen LogP contribution in [0.3, 0.4) is 0 Å². The number of hydrogen-bond acceptors (Lipinski definition) is 2. The molecule has 1 aromatic rings. The second kappa shape index (κ2) is 8.31. The van der Waals surface area contributed by atoms with Gasteiger partial charge < -0.3 is 10.1 Å². The van der Waals surface area contributed by atoms with E-state index in [1.165, 1.54) is 18.2 Å². The van der Waals surface area contributed by atoms with Crippen LogP contribution in [0.15, 0.2) is 18.2 Å². The summed E-state index contributed by atoms with van der Waals surface area (Å²) >= 11 is 0. The molecule has 1 N–H and O–H groups in total. The predicted molar refractivity (Wildman–Crippen MR) is 81.7 cm³/mol. The maximum atomic E-state index is 13.8. The lowest BCUT2D eigenvalue weighted by molar-refractivity contribution is 0.0921. The van der Waals surface area contributed by atoms with Gasteiger partial charge in [-0.3, -0.25) is 4.79 Å². The van der Waals surface area contributed by atoms with Crippen molar-refractivity contribution in [1.82, 2.24) is 5.32 Å². The van der Waals surface area contributed by atoms with E-state index in [-0.39, 0.29) is 29.9 Å². The van der Waals surface area contributed by atoms with Crippen LogP contribution in [0.4, 0.5) is 4.39 Å². The maximum absolute atomic E-state index is 13.8. The number of amides is 1. The Labute approximate surface area is 125 Å². The van der Waals surface area contributed by atoms with E-state index in [0.717, 1.165) is 12.8 Å². The van der Waals surface area contributed by atoms with E-state index in [1.807, 2.05) is 6.92 Å². The fourth-order valence-corrected chi connectivity index (χ4v) is 2.06. The van der Waals surface area contributed by atoms with E-state index in [9.17, 15) is 9.18 Å². The van der Waals surface area contributed by atoms with Crippen LogP contribution < -0.4 is 10.1 Å². The first-order valence-electron chi connectivity index (χ1n) is 7.20. The van der Waals surface area contributed by atoms with Gasteiger partial charge in [0.2, 0.25) is 0 Å². The highest BCUT2D eigenvalue weighted by atomic mass is 19.1. The van der Waals surface area contributed by atoms with E-state index >= 15 is 0 Å². The number of nitrogens with one attached hydrogen (secondary N) is 1. The number of carbonyl (C=O) groups excluding carboxylic acids is 1. The van der Waals surface area contributed by atoms with Crippen molar-refractivity contribution in [2.45, 2.75) is 39.7 Å². The van der Waals surface area contributed by atoms with Gasteiger partial charge in [-0.05, 0) is 30.5 Å². The molecule has 0 saturated carbocycles. The maximum Gasteiger partial charge on any atom is 0.251 e. The Balaban J connectivity index is 2.79. The summed E-state index contributed by atoms with van der Waals surface area (Å²) in [7, 11) is 0. The van der Waals surface area contributed by atoms with Crippen LogP contribution in [0.1, 0.15) is 44.0 Å². The van der Waals surface area contributed by atoms with Crippen LogP contribution >= 0.6 is 0 Å². The molecule has 0 radical (unpaired) electrons. The van der Waals surface area contributed by atoms with Gasteiger partial charge in [-0.2, -0.15) is 0 Å². The molecule has 1 rings (SSSR count). The fraction of sp³-hybridized carbons (Fsp3) is 0.471. The molecule has 0 aliphatic rings. The molecule has 21 heavy (non-hydrogen) atoms. The number of hydrogen-bond donors (Lipinski definition) is 1. The molecule has 0 aliphatic heterocycles. The van der Waals surface area contributed by atoms with Crippen molar-refractivity contribution in [1.29, 1.82) is 0 Å². The number of carbonyl (C=O) groups is 1. The highest BCUT2D eigenvalue weighted by molar-refractivity contribution is 5.94. The average Bonchev–Trinajstić information content (AvgIpc) is 2.50. The number of rotatable bonds is 7. The highest BCUT2D eigenvalue weighted by Gasteiger charge is 2.18. The summed E-state index contributed by atoms with van der Waals surface area (Å²) in [5.74, 6) is 1.83. The SMILES string of the molecule is C#CCOc1ccc(C(=O)NC(CC)C(C)CC)cc1F. The Morgan fingerprint density at radius 2 is 2.14 bits per heavy atom. The molecule has 4 heteroatoms.